The number of ether oxygens (including phenoxy) is 1. The molecule has 3 aliphatic carbocycles. The van der Waals surface area contributed by atoms with Crippen LogP contribution in [0.25, 0.3) is 0 Å². The summed E-state index contributed by atoms with van der Waals surface area (Å²) in [7, 11) is 0. The van der Waals surface area contributed by atoms with E-state index in [1.807, 2.05) is 0 Å². The molecule has 3 aliphatic rings. The van der Waals surface area contributed by atoms with Crippen LogP contribution in [-0.4, -0.2) is 18.6 Å². The van der Waals surface area contributed by atoms with Gasteiger partial charge in [-0.2, -0.15) is 0 Å². The summed E-state index contributed by atoms with van der Waals surface area (Å²) in [5.74, 6) is 0.775. The summed E-state index contributed by atoms with van der Waals surface area (Å²) in [4.78, 5) is 10.7. The standard InChI is InChI=1S/C19H27NO2/c1-14(16-6-4-3-5-7-16)20-18-12-19(15(2)22-13-21)10-8-17(18)9-11-19/h3-7,13-15,17-18,20H,8-12H2,1-2H3/t14-,15-,17?,18-,19?/m0/s1. The van der Waals surface area contributed by atoms with Gasteiger partial charge in [-0.15, -0.1) is 0 Å². The maximum atomic E-state index is 10.7. The van der Waals surface area contributed by atoms with Gasteiger partial charge < -0.3 is 10.1 Å². The van der Waals surface area contributed by atoms with Crippen molar-refractivity contribution in [2.24, 2.45) is 11.3 Å². The highest BCUT2D eigenvalue weighted by Crippen LogP contribution is 2.53. The van der Waals surface area contributed by atoms with E-state index in [1.54, 1.807) is 0 Å². The molecule has 0 amide bonds. The smallest absolute Gasteiger partial charge is 0.293 e. The first-order valence-electron chi connectivity index (χ1n) is 8.55. The van der Waals surface area contributed by atoms with Crippen molar-refractivity contribution in [3.63, 3.8) is 0 Å². The molecule has 0 aromatic heterocycles. The molecule has 0 aliphatic heterocycles. The third-order valence-corrected chi connectivity index (χ3v) is 6.11. The van der Waals surface area contributed by atoms with Gasteiger partial charge in [0.1, 0.15) is 6.10 Å². The highest BCUT2D eigenvalue weighted by molar-refractivity contribution is 5.37. The lowest BCUT2D eigenvalue weighted by Gasteiger charge is -2.53. The van der Waals surface area contributed by atoms with Crippen LogP contribution in [0.2, 0.25) is 0 Å². The Balaban J connectivity index is 1.69. The van der Waals surface area contributed by atoms with E-state index < -0.39 is 0 Å². The lowest BCUT2D eigenvalue weighted by molar-refractivity contribution is -0.146. The second-order valence-corrected chi connectivity index (χ2v) is 7.18. The SMILES string of the molecule is C[C@H](N[C@H]1CC2([C@H](C)OC=O)CCC1CC2)c1ccccc1. The minimum atomic E-state index is 0.0302. The van der Waals surface area contributed by atoms with Crippen molar-refractivity contribution in [2.45, 2.75) is 64.1 Å². The number of hydrogen-bond donors (Lipinski definition) is 1. The largest absolute Gasteiger partial charge is 0.464 e. The van der Waals surface area contributed by atoms with Gasteiger partial charge in [0.2, 0.25) is 0 Å². The van der Waals surface area contributed by atoms with Crippen molar-refractivity contribution in [3.8, 4) is 0 Å². The lowest BCUT2D eigenvalue weighted by atomic mass is 9.56. The number of fused-ring (bicyclic) bond motifs is 3. The minimum absolute atomic E-state index is 0.0302. The minimum Gasteiger partial charge on any atom is -0.464 e. The Morgan fingerprint density at radius 3 is 2.55 bits per heavy atom. The van der Waals surface area contributed by atoms with Crippen LogP contribution in [0.4, 0.5) is 0 Å². The Morgan fingerprint density at radius 2 is 1.91 bits per heavy atom. The summed E-state index contributed by atoms with van der Waals surface area (Å²) in [5.41, 5.74) is 1.53. The summed E-state index contributed by atoms with van der Waals surface area (Å²) in [6.07, 6.45) is 6.07. The van der Waals surface area contributed by atoms with E-state index in [0.717, 1.165) is 12.3 Å². The molecule has 0 spiro atoms. The average Bonchev–Trinajstić information content (AvgIpc) is 2.57. The molecule has 0 unspecified atom stereocenters. The van der Waals surface area contributed by atoms with Crippen molar-refractivity contribution in [2.75, 3.05) is 0 Å². The van der Waals surface area contributed by atoms with Gasteiger partial charge in [0.25, 0.3) is 6.47 Å². The maximum absolute atomic E-state index is 10.7. The highest BCUT2D eigenvalue weighted by atomic mass is 16.5. The molecule has 1 aromatic carbocycles. The Hall–Kier alpha value is -1.35. The number of benzene rings is 1. The van der Waals surface area contributed by atoms with Crippen LogP contribution in [-0.2, 0) is 9.53 Å². The Labute approximate surface area is 133 Å². The van der Waals surface area contributed by atoms with Crippen LogP contribution < -0.4 is 5.32 Å². The second-order valence-electron chi connectivity index (χ2n) is 7.18. The van der Waals surface area contributed by atoms with Gasteiger partial charge in [0.05, 0.1) is 0 Å². The monoisotopic (exact) mass is 301 g/mol. The Morgan fingerprint density at radius 1 is 1.23 bits per heavy atom. The fraction of sp³-hybridized carbons (Fsp3) is 0.632. The van der Waals surface area contributed by atoms with Crippen LogP contribution in [0.3, 0.4) is 0 Å². The molecule has 3 saturated carbocycles. The zero-order valence-corrected chi connectivity index (χ0v) is 13.6. The summed E-state index contributed by atoms with van der Waals surface area (Å²) in [6, 6.07) is 11.5. The molecule has 3 heteroatoms. The predicted octanol–water partition coefficient (Wildman–Crippen LogP) is 3.85. The van der Waals surface area contributed by atoms with Crippen LogP contribution in [0.1, 0.15) is 57.6 Å². The van der Waals surface area contributed by atoms with Crippen molar-refractivity contribution in [1.29, 1.82) is 0 Å². The summed E-state index contributed by atoms with van der Waals surface area (Å²) >= 11 is 0. The molecule has 1 N–H and O–H groups in total. The fourth-order valence-corrected chi connectivity index (χ4v) is 4.58. The molecule has 0 heterocycles. The first-order valence-corrected chi connectivity index (χ1v) is 8.55. The van der Waals surface area contributed by atoms with Crippen molar-refractivity contribution in [1.82, 2.24) is 5.32 Å². The van der Waals surface area contributed by atoms with E-state index in [2.05, 4.69) is 49.5 Å². The Kier molecular flexibility index (Phi) is 4.53. The van der Waals surface area contributed by atoms with Gasteiger partial charge in [0, 0.05) is 17.5 Å². The van der Waals surface area contributed by atoms with Crippen LogP contribution >= 0.6 is 0 Å². The van der Waals surface area contributed by atoms with E-state index in [0.29, 0.717) is 18.6 Å². The van der Waals surface area contributed by atoms with Gasteiger partial charge in [-0.3, -0.25) is 4.79 Å². The summed E-state index contributed by atoms with van der Waals surface area (Å²) in [6.45, 7) is 4.93. The van der Waals surface area contributed by atoms with Crippen molar-refractivity contribution in [3.05, 3.63) is 35.9 Å². The van der Waals surface area contributed by atoms with E-state index in [-0.39, 0.29) is 11.5 Å². The maximum Gasteiger partial charge on any atom is 0.293 e. The Bertz CT molecular complexity index is 493. The van der Waals surface area contributed by atoms with E-state index in [1.165, 1.54) is 31.2 Å². The molecule has 1 aromatic rings. The molecule has 3 fully saturated rings. The van der Waals surface area contributed by atoms with Gasteiger partial charge in [-0.25, -0.2) is 0 Å². The summed E-state index contributed by atoms with van der Waals surface area (Å²) < 4.78 is 5.33. The lowest BCUT2D eigenvalue weighted by Crippen LogP contribution is -2.54. The van der Waals surface area contributed by atoms with Gasteiger partial charge in [-0.1, -0.05) is 30.3 Å². The van der Waals surface area contributed by atoms with Crippen molar-refractivity contribution < 1.29 is 9.53 Å². The highest BCUT2D eigenvalue weighted by Gasteiger charge is 2.49. The topological polar surface area (TPSA) is 38.3 Å². The van der Waals surface area contributed by atoms with E-state index in [4.69, 9.17) is 4.74 Å². The molecule has 0 radical (unpaired) electrons. The first kappa shape index (κ1) is 15.5. The molecular weight excluding hydrogens is 274 g/mol. The van der Waals surface area contributed by atoms with Crippen LogP contribution in [0.5, 0.6) is 0 Å². The van der Waals surface area contributed by atoms with Gasteiger partial charge >= 0.3 is 0 Å². The third kappa shape index (κ3) is 2.91. The van der Waals surface area contributed by atoms with E-state index >= 15 is 0 Å². The van der Waals surface area contributed by atoms with Crippen LogP contribution in [0, 0.1) is 11.3 Å². The van der Waals surface area contributed by atoms with Crippen LogP contribution in [0.15, 0.2) is 30.3 Å². The molecule has 3 nitrogen and oxygen atoms in total. The zero-order chi connectivity index (χ0) is 15.6. The first-order chi connectivity index (χ1) is 10.6. The number of nitrogens with one attached hydrogen (secondary N) is 1. The normalized spacial score (nSPS) is 33.2. The fourth-order valence-electron chi connectivity index (χ4n) is 4.58. The van der Waals surface area contributed by atoms with Gasteiger partial charge in [0.15, 0.2) is 0 Å². The number of hydrogen-bond acceptors (Lipinski definition) is 3. The molecule has 120 valence electrons. The molecule has 4 rings (SSSR count). The van der Waals surface area contributed by atoms with Crippen molar-refractivity contribution >= 4 is 6.47 Å². The number of rotatable bonds is 6. The molecule has 22 heavy (non-hydrogen) atoms. The predicted molar refractivity (Wildman–Crippen MR) is 87.4 cm³/mol. The number of carbonyl (C=O) groups excluding carboxylic acids is 1. The van der Waals surface area contributed by atoms with E-state index in [9.17, 15) is 4.79 Å². The average molecular weight is 301 g/mol. The number of carbonyl (C=O) groups is 1. The second kappa shape index (κ2) is 6.41. The molecule has 0 saturated heterocycles. The molecule has 3 atom stereocenters. The third-order valence-electron chi connectivity index (χ3n) is 6.11. The quantitative estimate of drug-likeness (QED) is 0.811. The molecule has 2 bridgehead atoms. The van der Waals surface area contributed by atoms with Gasteiger partial charge in [-0.05, 0) is 57.4 Å². The summed E-state index contributed by atoms with van der Waals surface area (Å²) in [5, 5.41) is 3.84. The zero-order valence-electron chi connectivity index (χ0n) is 13.6. The molecular formula is C19H27NO2.